The average Bonchev–Trinajstić information content (AvgIpc) is 2.79. The predicted molar refractivity (Wildman–Crippen MR) is 112 cm³/mol. The van der Waals surface area contributed by atoms with E-state index in [1.165, 1.54) is 12.1 Å². The van der Waals surface area contributed by atoms with Crippen molar-refractivity contribution in [3.8, 4) is 28.7 Å². The summed E-state index contributed by atoms with van der Waals surface area (Å²) in [5, 5.41) is 77.9. The number of carbonyl (C=O) groups excluding carboxylic acids is 1. The lowest BCUT2D eigenvalue weighted by Gasteiger charge is -2.41. The number of hydrogen-bond donors (Lipinski definition) is 8. The predicted octanol–water partition coefficient (Wildman–Crippen LogP) is -0.633. The van der Waals surface area contributed by atoms with E-state index >= 15 is 0 Å². The smallest absolute Gasteiger partial charge is 0.310 e. The number of rotatable bonds is 8. The van der Waals surface area contributed by atoms with Crippen LogP contribution in [0.5, 0.6) is 28.7 Å². The highest BCUT2D eigenvalue weighted by Gasteiger charge is 2.47. The summed E-state index contributed by atoms with van der Waals surface area (Å²) in [5.74, 6) is -2.92. The third-order valence-corrected chi connectivity index (χ3v) is 5.31. The van der Waals surface area contributed by atoms with Crippen LogP contribution in [0.2, 0.25) is 0 Å². The lowest BCUT2D eigenvalue weighted by atomic mass is 9.99. The lowest BCUT2D eigenvalue weighted by Crippen LogP contribution is -2.60. The molecule has 1 aliphatic heterocycles. The second kappa shape index (κ2) is 10.8. The zero-order valence-electron chi connectivity index (χ0n) is 17.8. The number of carbonyl (C=O) groups is 1. The first-order valence-electron chi connectivity index (χ1n) is 10.3. The number of benzene rings is 2. The second-order valence-electron chi connectivity index (χ2n) is 7.75. The highest BCUT2D eigenvalue weighted by Crippen LogP contribution is 2.33. The number of ether oxygens (including phenoxy) is 3. The molecule has 12 heteroatoms. The minimum atomic E-state index is -1.67. The molecular formula is C22H26O12. The van der Waals surface area contributed by atoms with Crippen LogP contribution in [-0.4, -0.2) is 90.7 Å². The molecule has 34 heavy (non-hydrogen) atoms. The minimum Gasteiger partial charge on any atom is -0.508 e. The van der Waals surface area contributed by atoms with Crippen LogP contribution in [-0.2, 0) is 31.8 Å². The summed E-state index contributed by atoms with van der Waals surface area (Å²) in [6.07, 6.45) is -7.69. The zero-order valence-corrected chi connectivity index (χ0v) is 17.8. The molecule has 0 aromatic heterocycles. The summed E-state index contributed by atoms with van der Waals surface area (Å²) in [4.78, 5) is 12.4. The van der Waals surface area contributed by atoms with Gasteiger partial charge in [-0.2, -0.15) is 0 Å². The Morgan fingerprint density at radius 2 is 1.56 bits per heavy atom. The van der Waals surface area contributed by atoms with Gasteiger partial charge in [0.05, 0.1) is 19.6 Å². The molecule has 0 amide bonds. The number of hydrogen-bond acceptors (Lipinski definition) is 12. The van der Waals surface area contributed by atoms with E-state index in [0.29, 0.717) is 5.56 Å². The molecule has 3 rings (SSSR count). The van der Waals surface area contributed by atoms with Gasteiger partial charge in [0.25, 0.3) is 0 Å². The van der Waals surface area contributed by atoms with E-state index in [0.717, 1.165) is 18.2 Å². The topological polar surface area (TPSA) is 207 Å². The summed E-state index contributed by atoms with van der Waals surface area (Å²) in [6.45, 7) is -0.818. The highest BCUT2D eigenvalue weighted by atomic mass is 16.7. The van der Waals surface area contributed by atoms with Crippen LogP contribution in [0.4, 0.5) is 0 Å². The molecule has 5 unspecified atom stereocenters. The molecule has 0 aliphatic carbocycles. The van der Waals surface area contributed by atoms with Crippen LogP contribution in [0.1, 0.15) is 11.1 Å². The van der Waals surface area contributed by atoms with Crippen LogP contribution < -0.4 is 0 Å². The molecule has 2 aromatic rings. The Balaban J connectivity index is 1.68. The van der Waals surface area contributed by atoms with Crippen LogP contribution in [0, 0.1) is 0 Å². The monoisotopic (exact) mass is 482 g/mol. The van der Waals surface area contributed by atoms with Gasteiger partial charge in [0.1, 0.15) is 24.1 Å². The molecule has 0 radical (unpaired) electrons. The first-order chi connectivity index (χ1) is 16.1. The van der Waals surface area contributed by atoms with Gasteiger partial charge in [-0.15, -0.1) is 0 Å². The van der Waals surface area contributed by atoms with Crippen molar-refractivity contribution in [2.24, 2.45) is 0 Å². The SMILES string of the molecule is O=C(Cc1ccc(O)c(O)c1)OC1C(OCCc2cc(O)c(O)cc2O)OC(CO)C(O)C1O. The van der Waals surface area contributed by atoms with E-state index in [1.807, 2.05) is 0 Å². The van der Waals surface area contributed by atoms with Gasteiger partial charge in [-0.1, -0.05) is 6.07 Å². The lowest BCUT2D eigenvalue weighted by molar-refractivity contribution is -0.304. The van der Waals surface area contributed by atoms with Gasteiger partial charge in [0.15, 0.2) is 35.4 Å². The van der Waals surface area contributed by atoms with E-state index in [2.05, 4.69) is 0 Å². The number of phenolic OH excluding ortho intramolecular Hbond substituents is 5. The van der Waals surface area contributed by atoms with E-state index in [4.69, 9.17) is 14.2 Å². The Labute approximate surface area is 193 Å². The molecule has 1 fully saturated rings. The van der Waals surface area contributed by atoms with Crippen LogP contribution in [0.25, 0.3) is 0 Å². The molecule has 1 heterocycles. The van der Waals surface area contributed by atoms with Gasteiger partial charge in [-0.3, -0.25) is 4.79 Å². The van der Waals surface area contributed by atoms with Gasteiger partial charge in [-0.05, 0) is 30.2 Å². The quantitative estimate of drug-likeness (QED) is 0.134. The maximum absolute atomic E-state index is 12.4. The van der Waals surface area contributed by atoms with Crippen molar-refractivity contribution in [2.75, 3.05) is 13.2 Å². The maximum atomic E-state index is 12.4. The standard InChI is InChI=1S/C22H26O12/c23-9-17-19(30)20(31)21(34-18(29)6-10-1-2-12(24)14(26)5-10)22(33-17)32-4-3-11-7-15(27)16(28)8-13(11)25/h1-2,5,7-8,17,19-28,30-31H,3-4,6,9H2. The molecule has 8 N–H and O–H groups in total. The molecular weight excluding hydrogens is 456 g/mol. The third-order valence-electron chi connectivity index (χ3n) is 5.31. The first kappa shape index (κ1) is 25.3. The Bertz CT molecular complexity index is 1010. The van der Waals surface area contributed by atoms with E-state index in [-0.39, 0.29) is 36.5 Å². The van der Waals surface area contributed by atoms with Gasteiger partial charge in [0, 0.05) is 11.6 Å². The zero-order chi connectivity index (χ0) is 25.0. The average molecular weight is 482 g/mol. The first-order valence-corrected chi connectivity index (χ1v) is 10.3. The molecule has 0 saturated carbocycles. The van der Waals surface area contributed by atoms with Gasteiger partial charge >= 0.3 is 5.97 Å². The van der Waals surface area contributed by atoms with Gasteiger partial charge in [0.2, 0.25) is 0 Å². The van der Waals surface area contributed by atoms with Crippen molar-refractivity contribution < 1.29 is 59.9 Å². The van der Waals surface area contributed by atoms with Crippen molar-refractivity contribution in [1.29, 1.82) is 0 Å². The Kier molecular flexibility index (Phi) is 8.02. The van der Waals surface area contributed by atoms with Crippen LogP contribution in [0.3, 0.4) is 0 Å². The van der Waals surface area contributed by atoms with E-state index < -0.39 is 60.5 Å². The van der Waals surface area contributed by atoms with E-state index in [9.17, 15) is 45.6 Å². The molecule has 0 spiro atoms. The Morgan fingerprint density at radius 1 is 0.882 bits per heavy atom. The fourth-order valence-corrected chi connectivity index (χ4v) is 3.45. The fourth-order valence-electron chi connectivity index (χ4n) is 3.45. The summed E-state index contributed by atoms with van der Waals surface area (Å²) in [7, 11) is 0. The van der Waals surface area contributed by atoms with Crippen molar-refractivity contribution in [3.05, 3.63) is 41.5 Å². The highest BCUT2D eigenvalue weighted by molar-refractivity contribution is 5.73. The maximum Gasteiger partial charge on any atom is 0.310 e. The molecule has 1 saturated heterocycles. The minimum absolute atomic E-state index is 0.0232. The van der Waals surface area contributed by atoms with Crippen LogP contribution in [0.15, 0.2) is 30.3 Å². The van der Waals surface area contributed by atoms with E-state index in [1.54, 1.807) is 0 Å². The largest absolute Gasteiger partial charge is 0.508 e. The molecule has 2 aromatic carbocycles. The van der Waals surface area contributed by atoms with Crippen molar-refractivity contribution in [2.45, 2.75) is 43.5 Å². The number of aromatic hydroxyl groups is 5. The normalized spacial score (nSPS) is 24.6. The molecule has 0 bridgehead atoms. The Hall–Kier alpha value is -3.29. The molecule has 12 nitrogen and oxygen atoms in total. The van der Waals surface area contributed by atoms with Crippen LogP contribution >= 0.6 is 0 Å². The summed E-state index contributed by atoms with van der Waals surface area (Å²) in [6, 6.07) is 5.82. The summed E-state index contributed by atoms with van der Waals surface area (Å²) >= 11 is 0. The molecule has 5 atom stereocenters. The van der Waals surface area contributed by atoms with Gasteiger partial charge < -0.3 is 55.1 Å². The number of esters is 1. The number of aliphatic hydroxyl groups excluding tert-OH is 3. The summed E-state index contributed by atoms with van der Waals surface area (Å²) in [5.41, 5.74) is 0.534. The van der Waals surface area contributed by atoms with Crippen molar-refractivity contribution >= 4 is 5.97 Å². The number of phenols is 5. The third kappa shape index (κ3) is 5.79. The fraction of sp³-hybridized carbons (Fsp3) is 0.409. The van der Waals surface area contributed by atoms with Crippen molar-refractivity contribution in [1.82, 2.24) is 0 Å². The van der Waals surface area contributed by atoms with Gasteiger partial charge in [-0.25, -0.2) is 0 Å². The Morgan fingerprint density at radius 3 is 2.24 bits per heavy atom. The second-order valence-corrected chi connectivity index (χ2v) is 7.75. The molecule has 186 valence electrons. The summed E-state index contributed by atoms with van der Waals surface area (Å²) < 4.78 is 16.3. The molecule has 1 aliphatic rings. The number of aliphatic hydroxyl groups is 3. The van der Waals surface area contributed by atoms with Crippen molar-refractivity contribution in [3.63, 3.8) is 0 Å².